The van der Waals surface area contributed by atoms with Crippen molar-refractivity contribution in [1.82, 2.24) is 14.5 Å². The van der Waals surface area contributed by atoms with E-state index >= 15 is 0 Å². The van der Waals surface area contributed by atoms with Gasteiger partial charge in [-0.3, -0.25) is 0 Å². The van der Waals surface area contributed by atoms with E-state index in [1.807, 2.05) is 12.1 Å². The normalized spacial score (nSPS) is 11.4. The number of benzene rings is 2. The largest absolute Gasteiger partial charge is 0.478 e. The van der Waals surface area contributed by atoms with E-state index in [4.69, 9.17) is 11.6 Å². The third-order valence-electron chi connectivity index (χ3n) is 5.50. The molecule has 0 amide bonds. The zero-order valence-corrected chi connectivity index (χ0v) is 20.1. The van der Waals surface area contributed by atoms with Gasteiger partial charge in [-0.25, -0.2) is 19.2 Å². The van der Waals surface area contributed by atoms with Crippen LogP contribution in [0.2, 0.25) is 5.02 Å². The predicted molar refractivity (Wildman–Crippen MR) is 135 cm³/mol. The molecule has 9 heteroatoms. The lowest BCUT2D eigenvalue weighted by Crippen LogP contribution is -2.12. The lowest BCUT2D eigenvalue weighted by Gasteiger charge is -2.12. The van der Waals surface area contributed by atoms with Gasteiger partial charge in [-0.05, 0) is 43.7 Å². The maximum Gasteiger partial charge on any atom is 0.336 e. The average molecular weight is 497 g/mol. The predicted octanol–water partition coefficient (Wildman–Crippen LogP) is 6.71. The van der Waals surface area contributed by atoms with Crippen molar-refractivity contribution in [3.63, 3.8) is 0 Å². The van der Waals surface area contributed by atoms with E-state index in [0.717, 1.165) is 33.4 Å². The van der Waals surface area contributed by atoms with Gasteiger partial charge in [-0.1, -0.05) is 35.5 Å². The number of nitrogens with zero attached hydrogens (tertiary/aromatic N) is 3. The molecule has 2 aromatic heterocycles. The molecular weight excluding hydrogens is 475 g/mol. The number of hydrogen-bond donors (Lipinski definition) is 2. The molecule has 0 saturated carbocycles. The summed E-state index contributed by atoms with van der Waals surface area (Å²) in [5.74, 6) is -0.434. The number of aromatic carboxylic acids is 1. The van der Waals surface area contributed by atoms with E-state index in [9.17, 15) is 14.3 Å². The van der Waals surface area contributed by atoms with Crippen LogP contribution in [-0.2, 0) is 6.54 Å². The minimum atomic E-state index is -1.07. The third kappa shape index (κ3) is 4.93. The summed E-state index contributed by atoms with van der Waals surface area (Å²) in [4.78, 5) is 20.5. The molecule has 0 spiro atoms. The molecule has 0 unspecified atom stereocenters. The fraction of sp³-hybridized carbons (Fsp3) is 0.160. The Labute approximate surface area is 205 Å². The van der Waals surface area contributed by atoms with Crippen LogP contribution in [-0.4, -0.2) is 32.2 Å². The van der Waals surface area contributed by atoms with Gasteiger partial charge in [0.15, 0.2) is 0 Å². The summed E-state index contributed by atoms with van der Waals surface area (Å²) >= 11 is 7.48. The van der Waals surface area contributed by atoms with Gasteiger partial charge in [-0.2, -0.15) is 0 Å². The minimum Gasteiger partial charge on any atom is -0.478 e. The van der Waals surface area contributed by atoms with Crippen LogP contribution in [0.1, 0.15) is 21.6 Å². The molecule has 4 aromatic rings. The van der Waals surface area contributed by atoms with E-state index in [1.54, 1.807) is 18.2 Å². The molecular formula is C25H22ClFN4O2S. The van der Waals surface area contributed by atoms with E-state index in [0.29, 0.717) is 41.4 Å². The SMILES string of the molecule is Cc1ccc(Cl)c2c1cc(C)n2CCNc1cc(-c2ccc(C(=O)O)c(SC=CF)c2)ncn1. The number of rotatable bonds is 8. The number of carboxylic acid groups (broad SMARTS) is 1. The van der Waals surface area contributed by atoms with Gasteiger partial charge in [0.25, 0.3) is 0 Å². The van der Waals surface area contributed by atoms with Crippen LogP contribution in [0.5, 0.6) is 0 Å². The standard InChI is InChI=1S/C25H22ClFN4O2S/c1-15-3-6-20(26)24-19(15)11-16(2)31(24)9-8-28-23-13-21(29-14-30-23)17-4-5-18(25(32)33)22(12-17)34-10-7-27/h3-7,10-14H,8-9H2,1-2H3,(H,32,33)(H,28,29,30). The fourth-order valence-corrected chi connectivity index (χ4v) is 4.79. The number of halogens is 2. The number of aromatic nitrogens is 3. The smallest absolute Gasteiger partial charge is 0.336 e. The Hall–Kier alpha value is -3.36. The van der Waals surface area contributed by atoms with Crippen LogP contribution in [0.4, 0.5) is 10.2 Å². The molecule has 2 heterocycles. The van der Waals surface area contributed by atoms with Crippen LogP contribution >= 0.6 is 23.4 Å². The lowest BCUT2D eigenvalue weighted by atomic mass is 10.1. The Balaban J connectivity index is 1.53. The van der Waals surface area contributed by atoms with E-state index in [2.05, 4.69) is 39.8 Å². The van der Waals surface area contributed by atoms with E-state index in [-0.39, 0.29) is 5.56 Å². The molecule has 4 rings (SSSR count). The molecule has 0 aliphatic heterocycles. The summed E-state index contributed by atoms with van der Waals surface area (Å²) < 4.78 is 14.7. The van der Waals surface area contributed by atoms with Crippen molar-refractivity contribution in [3.05, 3.63) is 82.4 Å². The summed E-state index contributed by atoms with van der Waals surface area (Å²) in [6.45, 7) is 5.45. The molecule has 0 aliphatic carbocycles. The third-order valence-corrected chi connectivity index (χ3v) is 6.63. The highest BCUT2D eigenvalue weighted by molar-refractivity contribution is 8.02. The molecule has 34 heavy (non-hydrogen) atoms. The van der Waals surface area contributed by atoms with Crippen molar-refractivity contribution in [2.24, 2.45) is 0 Å². The number of aryl methyl sites for hydroxylation is 2. The van der Waals surface area contributed by atoms with Crippen molar-refractivity contribution in [3.8, 4) is 11.3 Å². The van der Waals surface area contributed by atoms with Crippen LogP contribution in [0.3, 0.4) is 0 Å². The van der Waals surface area contributed by atoms with Gasteiger partial charge < -0.3 is 15.0 Å². The topological polar surface area (TPSA) is 80.0 Å². The lowest BCUT2D eigenvalue weighted by molar-refractivity contribution is 0.0693. The van der Waals surface area contributed by atoms with Crippen LogP contribution in [0, 0.1) is 13.8 Å². The zero-order valence-electron chi connectivity index (χ0n) is 18.5. The maximum atomic E-state index is 12.5. The quantitative estimate of drug-likeness (QED) is 0.264. The Kier molecular flexibility index (Phi) is 7.19. The van der Waals surface area contributed by atoms with Crippen LogP contribution < -0.4 is 5.32 Å². The van der Waals surface area contributed by atoms with Gasteiger partial charge >= 0.3 is 5.97 Å². The van der Waals surface area contributed by atoms with Crippen molar-refractivity contribution in [2.75, 3.05) is 11.9 Å². The van der Waals surface area contributed by atoms with E-state index in [1.165, 1.54) is 23.4 Å². The monoisotopic (exact) mass is 496 g/mol. The molecule has 0 fully saturated rings. The Bertz CT molecular complexity index is 1400. The zero-order chi connectivity index (χ0) is 24.2. The molecule has 6 nitrogen and oxygen atoms in total. The summed E-state index contributed by atoms with van der Waals surface area (Å²) in [7, 11) is 0. The molecule has 0 bridgehead atoms. The molecule has 174 valence electrons. The van der Waals surface area contributed by atoms with Crippen molar-refractivity contribution >= 4 is 46.1 Å². The minimum absolute atomic E-state index is 0.0995. The highest BCUT2D eigenvalue weighted by Crippen LogP contribution is 2.31. The summed E-state index contributed by atoms with van der Waals surface area (Å²) in [5.41, 5.74) is 4.77. The Morgan fingerprint density at radius 2 is 2.03 bits per heavy atom. The van der Waals surface area contributed by atoms with Crippen LogP contribution in [0.15, 0.2) is 65.4 Å². The Morgan fingerprint density at radius 3 is 2.79 bits per heavy atom. The first-order valence-electron chi connectivity index (χ1n) is 10.5. The number of carboxylic acids is 1. The van der Waals surface area contributed by atoms with Crippen molar-refractivity contribution in [2.45, 2.75) is 25.3 Å². The van der Waals surface area contributed by atoms with Crippen molar-refractivity contribution < 1.29 is 14.3 Å². The Morgan fingerprint density at radius 1 is 1.21 bits per heavy atom. The molecule has 0 atom stereocenters. The van der Waals surface area contributed by atoms with E-state index < -0.39 is 5.97 Å². The number of carbonyl (C=O) groups is 1. The summed E-state index contributed by atoms with van der Waals surface area (Å²) in [6.07, 6.45) is 1.83. The average Bonchev–Trinajstić information content (AvgIpc) is 3.17. The van der Waals surface area contributed by atoms with Gasteiger partial charge in [-0.15, -0.1) is 0 Å². The number of nitrogens with one attached hydrogen (secondary N) is 1. The molecule has 0 saturated heterocycles. The molecule has 0 aliphatic rings. The van der Waals surface area contributed by atoms with Crippen LogP contribution in [0.25, 0.3) is 22.2 Å². The first kappa shape index (κ1) is 23.8. The highest BCUT2D eigenvalue weighted by atomic mass is 35.5. The second-order valence-corrected chi connectivity index (χ2v) is 9.03. The molecule has 0 radical (unpaired) electrons. The van der Waals surface area contributed by atoms with Gasteiger partial charge in [0, 0.05) is 46.1 Å². The summed E-state index contributed by atoms with van der Waals surface area (Å²) in [6, 6.07) is 12.7. The highest BCUT2D eigenvalue weighted by Gasteiger charge is 2.13. The second-order valence-electron chi connectivity index (χ2n) is 7.68. The fourth-order valence-electron chi connectivity index (χ4n) is 3.85. The maximum absolute atomic E-state index is 12.5. The molecule has 2 N–H and O–H groups in total. The number of thioether (sulfide) groups is 1. The van der Waals surface area contributed by atoms with Gasteiger partial charge in [0.2, 0.25) is 0 Å². The number of anilines is 1. The second kappa shape index (κ2) is 10.3. The number of hydrogen-bond acceptors (Lipinski definition) is 5. The van der Waals surface area contributed by atoms with Gasteiger partial charge in [0.1, 0.15) is 12.1 Å². The molecule has 2 aromatic carbocycles. The van der Waals surface area contributed by atoms with Crippen molar-refractivity contribution in [1.29, 1.82) is 0 Å². The van der Waals surface area contributed by atoms with Gasteiger partial charge in [0.05, 0.1) is 28.1 Å². The number of fused-ring (bicyclic) bond motifs is 1. The first-order chi connectivity index (χ1) is 16.4. The summed E-state index contributed by atoms with van der Waals surface area (Å²) in [5, 5.41) is 15.8. The first-order valence-corrected chi connectivity index (χ1v) is 11.7.